The van der Waals surface area contributed by atoms with Crippen LogP contribution in [0.2, 0.25) is 0 Å². The fraction of sp³-hybridized carbons (Fsp3) is 0.500. The van der Waals surface area contributed by atoms with Crippen LogP contribution in [0.15, 0.2) is 28.7 Å². The molecule has 0 aliphatic carbocycles. The van der Waals surface area contributed by atoms with Crippen molar-refractivity contribution >= 4 is 22.7 Å². The molecule has 4 heteroatoms. The first kappa shape index (κ1) is 15.4. The summed E-state index contributed by atoms with van der Waals surface area (Å²) in [6.07, 6.45) is 2.26. The van der Waals surface area contributed by atoms with Gasteiger partial charge in [0, 0.05) is 11.1 Å². The summed E-state index contributed by atoms with van der Waals surface area (Å²) in [6.45, 7) is 5.30. The van der Waals surface area contributed by atoms with Crippen LogP contribution in [-0.2, 0) is 0 Å². The summed E-state index contributed by atoms with van der Waals surface area (Å²) in [7, 11) is 0. The van der Waals surface area contributed by atoms with Gasteiger partial charge in [0.25, 0.3) is 0 Å². The van der Waals surface area contributed by atoms with Gasteiger partial charge in [0.15, 0.2) is 0 Å². The van der Waals surface area contributed by atoms with Crippen LogP contribution in [0.3, 0.4) is 0 Å². The lowest BCUT2D eigenvalue weighted by atomic mass is 10.2. The summed E-state index contributed by atoms with van der Waals surface area (Å²) >= 11 is 1.92. The number of halogens is 1. The number of furan rings is 1. The lowest BCUT2D eigenvalue weighted by Gasteiger charge is -2.15. The molecule has 110 valence electrons. The first-order chi connectivity index (χ1) is 9.74. The molecule has 2 nitrogen and oxygen atoms in total. The van der Waals surface area contributed by atoms with Gasteiger partial charge in [0.1, 0.15) is 17.2 Å². The summed E-state index contributed by atoms with van der Waals surface area (Å²) < 4.78 is 19.1. The Hall–Kier alpha value is -1.00. The lowest BCUT2D eigenvalue weighted by Crippen LogP contribution is -2.23. The number of rotatable bonds is 8. The highest BCUT2D eigenvalue weighted by molar-refractivity contribution is 7.99. The van der Waals surface area contributed by atoms with E-state index in [0.29, 0.717) is 0 Å². The summed E-state index contributed by atoms with van der Waals surface area (Å²) in [5.74, 6) is 2.82. The van der Waals surface area contributed by atoms with Gasteiger partial charge in [-0.2, -0.15) is 11.8 Å². The second-order valence-electron chi connectivity index (χ2n) is 4.91. The molecule has 1 N–H and O–H groups in total. The van der Waals surface area contributed by atoms with E-state index in [0.717, 1.165) is 41.2 Å². The summed E-state index contributed by atoms with van der Waals surface area (Å²) in [5, 5.41) is 4.35. The van der Waals surface area contributed by atoms with Crippen molar-refractivity contribution in [1.29, 1.82) is 0 Å². The van der Waals surface area contributed by atoms with Crippen molar-refractivity contribution in [2.45, 2.75) is 32.7 Å². The first-order valence-corrected chi connectivity index (χ1v) is 8.40. The van der Waals surface area contributed by atoms with Crippen LogP contribution in [0.1, 0.15) is 38.5 Å². The number of fused-ring (bicyclic) bond motifs is 1. The number of nitrogens with one attached hydrogen (secondary N) is 1. The van der Waals surface area contributed by atoms with E-state index in [1.807, 2.05) is 17.8 Å². The molecule has 1 aromatic carbocycles. The molecule has 1 atom stereocenters. The molecule has 0 aliphatic rings. The van der Waals surface area contributed by atoms with Crippen molar-refractivity contribution in [3.8, 4) is 0 Å². The molecule has 1 aromatic heterocycles. The van der Waals surface area contributed by atoms with Gasteiger partial charge in [-0.15, -0.1) is 0 Å². The SMILES string of the molecule is CCCNC(CSCCC)c1cc2cc(F)ccc2o1. The summed E-state index contributed by atoms with van der Waals surface area (Å²) in [5.41, 5.74) is 0.755. The maximum atomic E-state index is 13.2. The summed E-state index contributed by atoms with van der Waals surface area (Å²) in [6, 6.07) is 6.82. The fourth-order valence-electron chi connectivity index (χ4n) is 2.11. The Morgan fingerprint density at radius 3 is 2.85 bits per heavy atom. The van der Waals surface area contributed by atoms with Crippen LogP contribution in [0, 0.1) is 5.82 Å². The zero-order valence-corrected chi connectivity index (χ0v) is 12.9. The second kappa shape index (κ2) is 7.70. The highest BCUT2D eigenvalue weighted by Crippen LogP contribution is 2.27. The number of hydrogen-bond donors (Lipinski definition) is 1. The second-order valence-corrected chi connectivity index (χ2v) is 6.06. The van der Waals surface area contributed by atoms with Crippen molar-refractivity contribution in [2.75, 3.05) is 18.1 Å². The Labute approximate surface area is 124 Å². The minimum absolute atomic E-state index is 0.196. The van der Waals surface area contributed by atoms with Crippen LogP contribution >= 0.6 is 11.8 Å². The van der Waals surface area contributed by atoms with Crippen molar-refractivity contribution in [3.05, 3.63) is 35.8 Å². The third-order valence-corrected chi connectivity index (χ3v) is 4.38. The number of hydrogen-bond acceptors (Lipinski definition) is 3. The Morgan fingerprint density at radius 1 is 1.25 bits per heavy atom. The Morgan fingerprint density at radius 2 is 2.10 bits per heavy atom. The molecule has 2 rings (SSSR count). The van der Waals surface area contributed by atoms with Gasteiger partial charge in [-0.05, 0) is 49.4 Å². The van der Waals surface area contributed by atoms with Gasteiger partial charge in [-0.3, -0.25) is 0 Å². The minimum Gasteiger partial charge on any atom is -0.459 e. The predicted molar refractivity (Wildman–Crippen MR) is 84.8 cm³/mol. The molecule has 1 unspecified atom stereocenters. The number of thioether (sulfide) groups is 1. The van der Waals surface area contributed by atoms with Crippen LogP contribution in [0.5, 0.6) is 0 Å². The Bertz CT molecular complexity index is 540. The smallest absolute Gasteiger partial charge is 0.134 e. The quantitative estimate of drug-likeness (QED) is 0.711. The highest BCUT2D eigenvalue weighted by Gasteiger charge is 2.16. The molecule has 0 aliphatic heterocycles. The fourth-order valence-corrected chi connectivity index (χ4v) is 3.09. The van der Waals surface area contributed by atoms with Crippen molar-refractivity contribution in [1.82, 2.24) is 5.32 Å². The minimum atomic E-state index is -0.219. The molecular weight excluding hydrogens is 273 g/mol. The molecular formula is C16H22FNOS. The first-order valence-electron chi connectivity index (χ1n) is 7.24. The normalized spacial score (nSPS) is 12.9. The van der Waals surface area contributed by atoms with Crippen molar-refractivity contribution < 1.29 is 8.81 Å². The van der Waals surface area contributed by atoms with E-state index in [2.05, 4.69) is 19.2 Å². The zero-order valence-electron chi connectivity index (χ0n) is 12.1. The molecule has 2 aromatic rings. The largest absolute Gasteiger partial charge is 0.459 e. The molecule has 0 radical (unpaired) electrons. The van der Waals surface area contributed by atoms with E-state index >= 15 is 0 Å². The maximum Gasteiger partial charge on any atom is 0.134 e. The molecule has 1 heterocycles. The van der Waals surface area contributed by atoms with E-state index in [9.17, 15) is 4.39 Å². The lowest BCUT2D eigenvalue weighted by molar-refractivity contribution is 0.456. The predicted octanol–water partition coefficient (Wildman–Crippen LogP) is 4.76. The molecule has 0 fully saturated rings. The van der Waals surface area contributed by atoms with Crippen LogP contribution in [0.25, 0.3) is 11.0 Å². The highest BCUT2D eigenvalue weighted by atomic mass is 32.2. The average molecular weight is 295 g/mol. The number of benzene rings is 1. The van der Waals surface area contributed by atoms with E-state index in [1.165, 1.54) is 18.6 Å². The molecule has 0 saturated carbocycles. The molecule has 0 spiro atoms. The van der Waals surface area contributed by atoms with Gasteiger partial charge in [-0.1, -0.05) is 13.8 Å². The van der Waals surface area contributed by atoms with Crippen LogP contribution < -0.4 is 5.32 Å². The third-order valence-electron chi connectivity index (χ3n) is 3.11. The van der Waals surface area contributed by atoms with E-state index < -0.39 is 0 Å². The van der Waals surface area contributed by atoms with Gasteiger partial charge >= 0.3 is 0 Å². The van der Waals surface area contributed by atoms with Crippen molar-refractivity contribution in [3.63, 3.8) is 0 Å². The van der Waals surface area contributed by atoms with Gasteiger partial charge in [0.05, 0.1) is 6.04 Å². The molecule has 0 saturated heterocycles. The van der Waals surface area contributed by atoms with Gasteiger partial charge in [0.2, 0.25) is 0 Å². The van der Waals surface area contributed by atoms with Crippen LogP contribution in [-0.4, -0.2) is 18.1 Å². The summed E-state index contributed by atoms with van der Waals surface area (Å²) in [4.78, 5) is 0. The molecule has 20 heavy (non-hydrogen) atoms. The topological polar surface area (TPSA) is 25.2 Å². The van der Waals surface area contributed by atoms with Gasteiger partial charge < -0.3 is 9.73 Å². The van der Waals surface area contributed by atoms with E-state index in [4.69, 9.17) is 4.42 Å². The Balaban J connectivity index is 2.15. The van der Waals surface area contributed by atoms with E-state index in [-0.39, 0.29) is 11.9 Å². The molecule has 0 bridgehead atoms. The standard InChI is InChI=1S/C16H22FNOS/c1-3-7-18-14(11-20-8-4-2)16-10-12-9-13(17)5-6-15(12)19-16/h5-6,9-10,14,18H,3-4,7-8,11H2,1-2H3. The molecule has 0 amide bonds. The van der Waals surface area contributed by atoms with E-state index in [1.54, 1.807) is 6.07 Å². The average Bonchev–Trinajstić information content (AvgIpc) is 2.85. The monoisotopic (exact) mass is 295 g/mol. The Kier molecular flexibility index (Phi) is 5.92. The maximum absolute atomic E-state index is 13.2. The van der Waals surface area contributed by atoms with Crippen molar-refractivity contribution in [2.24, 2.45) is 0 Å². The van der Waals surface area contributed by atoms with Gasteiger partial charge in [-0.25, -0.2) is 4.39 Å². The van der Waals surface area contributed by atoms with Crippen LogP contribution in [0.4, 0.5) is 4.39 Å². The zero-order chi connectivity index (χ0) is 14.4. The third kappa shape index (κ3) is 4.00.